The zero-order valence-electron chi connectivity index (χ0n) is 14.4. The molecular weight excluding hydrogens is 368 g/mol. The zero-order valence-corrected chi connectivity index (χ0v) is 16.0. The number of rotatable bonds is 6. The summed E-state index contributed by atoms with van der Waals surface area (Å²) < 4.78 is 25.3. The summed E-state index contributed by atoms with van der Waals surface area (Å²) in [5.41, 5.74) is 0.695. The van der Waals surface area contributed by atoms with Crippen LogP contribution in [0, 0.1) is 0 Å². The Hall–Kier alpha value is -2.00. The molecule has 136 valence electrons. The molecule has 1 aliphatic rings. The van der Waals surface area contributed by atoms with Gasteiger partial charge in [-0.25, -0.2) is 9.59 Å². The Morgan fingerprint density at radius 2 is 1.24 bits per heavy atom. The van der Waals surface area contributed by atoms with E-state index >= 15 is 0 Å². The second kappa shape index (κ2) is 8.39. The SMILES string of the molecule is COC(=O)C1=C(C(=O)OC)SC(c2c(OC)cc(OC)cc2OC)S1. The van der Waals surface area contributed by atoms with Crippen molar-refractivity contribution in [3.05, 3.63) is 27.5 Å². The van der Waals surface area contributed by atoms with E-state index in [1.165, 1.54) is 52.0 Å². The fourth-order valence-electron chi connectivity index (χ4n) is 2.19. The number of carbonyl (C=O) groups excluding carboxylic acids is 2. The average Bonchev–Trinajstić information content (AvgIpc) is 3.10. The van der Waals surface area contributed by atoms with Gasteiger partial charge in [0.15, 0.2) is 0 Å². The molecule has 0 aromatic heterocycles. The number of ether oxygens (including phenoxy) is 5. The Morgan fingerprint density at radius 3 is 1.56 bits per heavy atom. The summed E-state index contributed by atoms with van der Waals surface area (Å²) in [5.74, 6) is 0.437. The molecule has 1 aromatic rings. The number of carbonyl (C=O) groups is 2. The maximum absolute atomic E-state index is 12.0. The Kier molecular flexibility index (Phi) is 6.49. The number of esters is 2. The molecule has 1 heterocycles. The molecule has 25 heavy (non-hydrogen) atoms. The van der Waals surface area contributed by atoms with Crippen molar-refractivity contribution in [2.45, 2.75) is 4.58 Å². The van der Waals surface area contributed by atoms with Crippen LogP contribution < -0.4 is 14.2 Å². The van der Waals surface area contributed by atoms with E-state index in [-0.39, 0.29) is 14.4 Å². The van der Waals surface area contributed by atoms with E-state index < -0.39 is 11.9 Å². The van der Waals surface area contributed by atoms with E-state index in [0.29, 0.717) is 22.8 Å². The summed E-state index contributed by atoms with van der Waals surface area (Å²) in [5, 5.41) is 0. The van der Waals surface area contributed by atoms with Crippen LogP contribution in [-0.2, 0) is 19.1 Å². The van der Waals surface area contributed by atoms with Crippen molar-refractivity contribution in [1.29, 1.82) is 0 Å². The van der Waals surface area contributed by atoms with Crippen LogP contribution >= 0.6 is 23.5 Å². The second-order valence-corrected chi connectivity index (χ2v) is 7.18. The molecule has 0 spiro atoms. The van der Waals surface area contributed by atoms with Gasteiger partial charge in [0.05, 0.1) is 45.7 Å². The molecule has 2 rings (SSSR count). The first-order chi connectivity index (χ1) is 12.0. The minimum atomic E-state index is -0.591. The van der Waals surface area contributed by atoms with Gasteiger partial charge < -0.3 is 23.7 Å². The van der Waals surface area contributed by atoms with Crippen LogP contribution in [0.15, 0.2) is 21.9 Å². The third-order valence-electron chi connectivity index (χ3n) is 3.39. The fraction of sp³-hybridized carbons (Fsp3) is 0.375. The molecule has 0 unspecified atom stereocenters. The van der Waals surface area contributed by atoms with Gasteiger partial charge in [0.2, 0.25) is 0 Å². The Labute approximate surface area is 154 Å². The molecule has 7 nitrogen and oxygen atoms in total. The molecule has 0 saturated heterocycles. The first-order valence-corrected chi connectivity index (χ1v) is 8.80. The first kappa shape index (κ1) is 19.3. The molecule has 0 atom stereocenters. The normalized spacial score (nSPS) is 14.3. The molecule has 0 bridgehead atoms. The van der Waals surface area contributed by atoms with Gasteiger partial charge in [-0.3, -0.25) is 0 Å². The van der Waals surface area contributed by atoms with Crippen LogP contribution in [-0.4, -0.2) is 47.5 Å². The smallest absolute Gasteiger partial charge is 0.345 e. The lowest BCUT2D eigenvalue weighted by Crippen LogP contribution is -2.08. The van der Waals surface area contributed by atoms with Crippen LogP contribution in [0.5, 0.6) is 17.2 Å². The highest BCUT2D eigenvalue weighted by molar-refractivity contribution is 8.23. The summed E-state index contributed by atoms with van der Waals surface area (Å²) in [7, 11) is 7.11. The van der Waals surface area contributed by atoms with Gasteiger partial charge in [-0.1, -0.05) is 23.5 Å². The van der Waals surface area contributed by atoms with E-state index in [4.69, 9.17) is 23.7 Å². The number of thioether (sulfide) groups is 2. The van der Waals surface area contributed by atoms with Gasteiger partial charge in [-0.15, -0.1) is 0 Å². The maximum Gasteiger partial charge on any atom is 0.345 e. The number of methoxy groups -OCH3 is 5. The second-order valence-electron chi connectivity index (χ2n) is 4.65. The Bertz CT molecular complexity index is 661. The summed E-state index contributed by atoms with van der Waals surface area (Å²) in [6.45, 7) is 0. The van der Waals surface area contributed by atoms with Crippen LogP contribution in [0.1, 0.15) is 10.1 Å². The van der Waals surface area contributed by atoms with Crippen molar-refractivity contribution >= 4 is 35.5 Å². The highest BCUT2D eigenvalue weighted by Gasteiger charge is 2.38. The van der Waals surface area contributed by atoms with Crippen molar-refractivity contribution in [1.82, 2.24) is 0 Å². The quantitative estimate of drug-likeness (QED) is 0.686. The fourth-order valence-corrected chi connectivity index (χ4v) is 5.12. The monoisotopic (exact) mass is 386 g/mol. The molecule has 0 fully saturated rings. The van der Waals surface area contributed by atoms with Gasteiger partial charge in [-0.2, -0.15) is 0 Å². The Morgan fingerprint density at radius 1 is 0.800 bits per heavy atom. The van der Waals surface area contributed by atoms with E-state index in [2.05, 4.69) is 0 Å². The lowest BCUT2D eigenvalue weighted by molar-refractivity contribution is -0.138. The Balaban J connectivity index is 2.48. The van der Waals surface area contributed by atoms with E-state index in [0.717, 1.165) is 0 Å². The van der Waals surface area contributed by atoms with Gasteiger partial charge in [0.1, 0.15) is 27.1 Å². The topological polar surface area (TPSA) is 80.3 Å². The third kappa shape index (κ3) is 3.82. The predicted octanol–water partition coefficient (Wildman–Crippen LogP) is 2.75. The molecule has 1 aromatic carbocycles. The summed E-state index contributed by atoms with van der Waals surface area (Å²) in [6.07, 6.45) is 0. The molecule has 0 aliphatic carbocycles. The van der Waals surface area contributed by atoms with Gasteiger partial charge in [0.25, 0.3) is 0 Å². The standard InChI is InChI=1S/C16H18O7S2/c1-19-8-6-9(20-2)11(10(7-8)21-3)16-24-12(14(17)22-4)13(25-16)15(18)23-5/h6-7,16H,1-5H3. The summed E-state index contributed by atoms with van der Waals surface area (Å²) in [6, 6.07) is 3.43. The lowest BCUT2D eigenvalue weighted by Gasteiger charge is -2.18. The van der Waals surface area contributed by atoms with Crippen LogP contribution in [0.25, 0.3) is 0 Å². The number of hydrogen-bond donors (Lipinski definition) is 0. The average molecular weight is 386 g/mol. The third-order valence-corrected chi connectivity index (χ3v) is 6.21. The number of hydrogen-bond acceptors (Lipinski definition) is 9. The zero-order chi connectivity index (χ0) is 18.6. The molecule has 9 heteroatoms. The van der Waals surface area contributed by atoms with Gasteiger partial charge in [0, 0.05) is 12.1 Å². The molecule has 1 aliphatic heterocycles. The van der Waals surface area contributed by atoms with Crippen molar-refractivity contribution in [2.75, 3.05) is 35.5 Å². The van der Waals surface area contributed by atoms with Crippen LogP contribution in [0.2, 0.25) is 0 Å². The van der Waals surface area contributed by atoms with Crippen molar-refractivity contribution in [2.24, 2.45) is 0 Å². The first-order valence-electron chi connectivity index (χ1n) is 7.04. The molecule has 0 amide bonds. The molecular formula is C16H18O7S2. The molecule has 0 radical (unpaired) electrons. The highest BCUT2D eigenvalue weighted by atomic mass is 32.2. The highest BCUT2D eigenvalue weighted by Crippen LogP contribution is 2.59. The summed E-state index contributed by atoms with van der Waals surface area (Å²) in [4.78, 5) is 24.4. The van der Waals surface area contributed by atoms with Crippen molar-refractivity contribution in [3.8, 4) is 17.2 Å². The van der Waals surface area contributed by atoms with Crippen LogP contribution in [0.3, 0.4) is 0 Å². The summed E-state index contributed by atoms with van der Waals surface area (Å²) >= 11 is 2.37. The van der Waals surface area contributed by atoms with E-state index in [9.17, 15) is 9.59 Å². The number of benzene rings is 1. The minimum absolute atomic E-state index is 0.198. The lowest BCUT2D eigenvalue weighted by atomic mass is 10.2. The van der Waals surface area contributed by atoms with Gasteiger partial charge >= 0.3 is 11.9 Å². The van der Waals surface area contributed by atoms with E-state index in [1.54, 1.807) is 19.2 Å². The molecule has 0 saturated carbocycles. The molecule has 0 N–H and O–H groups in total. The van der Waals surface area contributed by atoms with E-state index in [1.807, 2.05) is 0 Å². The maximum atomic E-state index is 12.0. The van der Waals surface area contributed by atoms with Crippen LogP contribution in [0.4, 0.5) is 0 Å². The van der Waals surface area contributed by atoms with Crippen molar-refractivity contribution < 1.29 is 33.3 Å². The minimum Gasteiger partial charge on any atom is -0.496 e. The largest absolute Gasteiger partial charge is 0.496 e. The van der Waals surface area contributed by atoms with Gasteiger partial charge in [-0.05, 0) is 0 Å². The van der Waals surface area contributed by atoms with Crippen molar-refractivity contribution in [3.63, 3.8) is 0 Å². The predicted molar refractivity (Wildman–Crippen MR) is 95.1 cm³/mol.